The van der Waals surface area contributed by atoms with Gasteiger partial charge in [-0.3, -0.25) is 4.98 Å². The number of nitrogens with zero attached hydrogens (tertiary/aromatic N) is 1. The van der Waals surface area contributed by atoms with Crippen molar-refractivity contribution in [3.63, 3.8) is 0 Å². The summed E-state index contributed by atoms with van der Waals surface area (Å²) < 4.78 is 12.0. The van der Waals surface area contributed by atoms with Gasteiger partial charge in [0.25, 0.3) is 0 Å². The monoisotopic (exact) mass is 377 g/mol. The smallest absolute Gasteiger partial charge is 0.163 e. The van der Waals surface area contributed by atoms with Gasteiger partial charge in [0, 0.05) is 17.6 Å². The Bertz CT molecular complexity index is 809. The molecule has 112 valence electrons. The number of methoxy groups -OCH3 is 1. The van der Waals surface area contributed by atoms with Crippen molar-refractivity contribution in [1.82, 2.24) is 4.98 Å². The number of fused-ring (bicyclic) bond motifs is 1. The molecule has 0 N–H and O–H groups in total. The Morgan fingerprint density at radius 1 is 1.14 bits per heavy atom. The van der Waals surface area contributed by atoms with E-state index in [1.54, 1.807) is 13.3 Å². The summed E-state index contributed by atoms with van der Waals surface area (Å²) in [6.45, 7) is 0.465. The van der Waals surface area contributed by atoms with Gasteiger partial charge >= 0.3 is 0 Å². The van der Waals surface area contributed by atoms with E-state index in [0.29, 0.717) is 23.1 Å². The van der Waals surface area contributed by atoms with Crippen LogP contribution >= 0.6 is 27.5 Å². The molecule has 1 heterocycles. The van der Waals surface area contributed by atoms with E-state index in [4.69, 9.17) is 21.1 Å². The second-order valence-electron chi connectivity index (χ2n) is 4.71. The van der Waals surface area contributed by atoms with Crippen molar-refractivity contribution in [2.24, 2.45) is 0 Å². The van der Waals surface area contributed by atoms with E-state index < -0.39 is 0 Å². The number of hydrogen-bond donors (Lipinski definition) is 0. The molecule has 1 aromatic heterocycles. The maximum Gasteiger partial charge on any atom is 0.163 e. The molecule has 0 amide bonds. The van der Waals surface area contributed by atoms with Crippen LogP contribution in [0.2, 0.25) is 5.02 Å². The molecular formula is C17H13BrClNO2. The molecule has 3 aromatic rings. The fourth-order valence-corrected chi connectivity index (χ4v) is 2.67. The Kier molecular flexibility index (Phi) is 4.50. The first-order valence-corrected chi connectivity index (χ1v) is 7.84. The van der Waals surface area contributed by atoms with Gasteiger partial charge in [-0.05, 0) is 27.6 Å². The van der Waals surface area contributed by atoms with Gasteiger partial charge in [0.2, 0.25) is 0 Å². The van der Waals surface area contributed by atoms with Crippen molar-refractivity contribution < 1.29 is 9.47 Å². The average Bonchev–Trinajstić information content (AvgIpc) is 2.57. The number of benzene rings is 2. The van der Waals surface area contributed by atoms with Crippen LogP contribution in [0.3, 0.4) is 0 Å². The highest BCUT2D eigenvalue weighted by Gasteiger charge is 2.12. The van der Waals surface area contributed by atoms with Gasteiger partial charge in [-0.2, -0.15) is 0 Å². The maximum absolute atomic E-state index is 6.30. The third kappa shape index (κ3) is 3.03. The molecular weight excluding hydrogens is 366 g/mol. The van der Waals surface area contributed by atoms with Crippen LogP contribution in [0.5, 0.6) is 11.5 Å². The van der Waals surface area contributed by atoms with Gasteiger partial charge in [0.05, 0.1) is 22.1 Å². The lowest BCUT2D eigenvalue weighted by Gasteiger charge is -2.12. The first kappa shape index (κ1) is 15.1. The fourth-order valence-electron chi connectivity index (χ4n) is 2.15. The summed E-state index contributed by atoms with van der Waals surface area (Å²) in [6, 6.07) is 13.7. The van der Waals surface area contributed by atoms with Crippen molar-refractivity contribution in [2.75, 3.05) is 7.11 Å². The minimum absolute atomic E-state index is 0.465. The van der Waals surface area contributed by atoms with E-state index in [1.807, 2.05) is 42.5 Å². The predicted molar refractivity (Wildman–Crippen MR) is 91.8 cm³/mol. The summed E-state index contributed by atoms with van der Waals surface area (Å²) in [4.78, 5) is 4.37. The van der Waals surface area contributed by atoms with E-state index in [0.717, 1.165) is 20.9 Å². The molecule has 0 saturated heterocycles. The predicted octanol–water partition coefficient (Wildman–Crippen LogP) is 5.24. The molecule has 0 spiro atoms. The van der Waals surface area contributed by atoms with Gasteiger partial charge in [-0.1, -0.05) is 41.9 Å². The molecule has 0 saturated carbocycles. The van der Waals surface area contributed by atoms with Crippen LogP contribution in [0.15, 0.2) is 53.1 Å². The molecule has 0 bridgehead atoms. The van der Waals surface area contributed by atoms with Crippen LogP contribution in [-0.4, -0.2) is 12.1 Å². The molecule has 2 aromatic carbocycles. The van der Waals surface area contributed by atoms with Gasteiger partial charge in [-0.25, -0.2) is 0 Å². The van der Waals surface area contributed by atoms with Crippen LogP contribution in [0, 0.1) is 0 Å². The number of ether oxygens (including phenoxy) is 2. The summed E-state index contributed by atoms with van der Waals surface area (Å²) in [5.41, 5.74) is 1.85. The minimum atomic E-state index is 0.465. The first-order chi connectivity index (χ1) is 10.7. The Hall–Kier alpha value is -1.78. The topological polar surface area (TPSA) is 31.4 Å². The average molecular weight is 379 g/mol. The zero-order chi connectivity index (χ0) is 15.5. The highest BCUT2D eigenvalue weighted by Crippen LogP contribution is 2.37. The molecule has 0 aliphatic carbocycles. The van der Waals surface area contributed by atoms with Crippen molar-refractivity contribution in [2.45, 2.75) is 6.61 Å². The number of halogens is 2. The van der Waals surface area contributed by atoms with Crippen LogP contribution < -0.4 is 9.47 Å². The van der Waals surface area contributed by atoms with Crippen LogP contribution in [0.25, 0.3) is 10.9 Å². The molecule has 3 rings (SSSR count). The summed E-state index contributed by atoms with van der Waals surface area (Å²) in [7, 11) is 1.61. The molecule has 0 atom stereocenters. The maximum atomic E-state index is 6.30. The third-order valence-electron chi connectivity index (χ3n) is 3.28. The Balaban J connectivity index is 1.97. The second kappa shape index (κ2) is 6.55. The van der Waals surface area contributed by atoms with Crippen molar-refractivity contribution in [3.05, 3.63) is 63.7 Å². The van der Waals surface area contributed by atoms with E-state index in [2.05, 4.69) is 20.9 Å². The number of hydrogen-bond acceptors (Lipinski definition) is 3. The van der Waals surface area contributed by atoms with Crippen molar-refractivity contribution >= 4 is 38.4 Å². The summed E-state index contributed by atoms with van der Waals surface area (Å²) in [5.74, 6) is 1.27. The molecule has 0 aliphatic rings. The standard InChI is InChI=1S/C17H13BrClNO2/c1-21-15-7-12-14(20-9-13(18)17(12)19)8-16(15)22-10-11-5-3-2-4-6-11/h2-9H,10H2,1H3. The van der Waals surface area contributed by atoms with E-state index in [1.165, 1.54) is 0 Å². The summed E-state index contributed by atoms with van der Waals surface area (Å²) in [5, 5.41) is 1.43. The Morgan fingerprint density at radius 3 is 2.64 bits per heavy atom. The highest BCUT2D eigenvalue weighted by atomic mass is 79.9. The lowest BCUT2D eigenvalue weighted by atomic mass is 10.2. The number of rotatable bonds is 4. The molecule has 0 unspecified atom stereocenters. The highest BCUT2D eigenvalue weighted by molar-refractivity contribution is 9.10. The number of aromatic nitrogens is 1. The zero-order valence-corrected chi connectivity index (χ0v) is 14.2. The lowest BCUT2D eigenvalue weighted by molar-refractivity contribution is 0.285. The third-order valence-corrected chi connectivity index (χ3v) is 4.52. The molecule has 0 radical (unpaired) electrons. The normalized spacial score (nSPS) is 10.7. The SMILES string of the molecule is COc1cc2c(Cl)c(Br)cnc2cc1OCc1ccccc1. The number of pyridine rings is 1. The molecule has 5 heteroatoms. The molecule has 3 nitrogen and oxygen atoms in total. The van der Waals surface area contributed by atoms with Gasteiger partial charge in [0.1, 0.15) is 6.61 Å². The van der Waals surface area contributed by atoms with Gasteiger partial charge in [-0.15, -0.1) is 0 Å². The van der Waals surface area contributed by atoms with E-state index in [9.17, 15) is 0 Å². The second-order valence-corrected chi connectivity index (χ2v) is 5.95. The Labute approximate surface area is 142 Å². The molecule has 0 aliphatic heterocycles. The fraction of sp³-hybridized carbons (Fsp3) is 0.118. The zero-order valence-electron chi connectivity index (χ0n) is 11.8. The molecule has 22 heavy (non-hydrogen) atoms. The molecule has 0 fully saturated rings. The van der Waals surface area contributed by atoms with E-state index >= 15 is 0 Å². The van der Waals surface area contributed by atoms with Crippen LogP contribution in [0.4, 0.5) is 0 Å². The van der Waals surface area contributed by atoms with Crippen molar-refractivity contribution in [1.29, 1.82) is 0 Å². The largest absolute Gasteiger partial charge is 0.493 e. The van der Waals surface area contributed by atoms with Crippen molar-refractivity contribution in [3.8, 4) is 11.5 Å². The summed E-state index contributed by atoms with van der Waals surface area (Å²) in [6.07, 6.45) is 1.68. The van der Waals surface area contributed by atoms with Gasteiger partial charge < -0.3 is 9.47 Å². The quantitative estimate of drug-likeness (QED) is 0.622. The van der Waals surface area contributed by atoms with Gasteiger partial charge in [0.15, 0.2) is 11.5 Å². The van der Waals surface area contributed by atoms with Crippen LogP contribution in [0.1, 0.15) is 5.56 Å². The lowest BCUT2D eigenvalue weighted by Crippen LogP contribution is -1.98. The summed E-state index contributed by atoms with van der Waals surface area (Å²) >= 11 is 9.67. The van der Waals surface area contributed by atoms with E-state index in [-0.39, 0.29) is 0 Å². The minimum Gasteiger partial charge on any atom is -0.493 e. The Morgan fingerprint density at radius 2 is 1.91 bits per heavy atom. The first-order valence-electron chi connectivity index (χ1n) is 6.67. The van der Waals surface area contributed by atoms with Crippen LogP contribution in [-0.2, 0) is 6.61 Å².